The highest BCUT2D eigenvalue weighted by molar-refractivity contribution is 7.98. The topological polar surface area (TPSA) is 17.8 Å². The number of thioether (sulfide) groups is 1. The zero-order chi connectivity index (χ0) is 14.9. The summed E-state index contributed by atoms with van der Waals surface area (Å²) < 4.78 is 29.1. The average Bonchev–Trinajstić information content (AvgIpc) is 2.69. The average molecular weight is 319 g/mol. The van der Waals surface area contributed by atoms with Gasteiger partial charge in [0.2, 0.25) is 0 Å². The fourth-order valence-corrected chi connectivity index (χ4v) is 3.15. The molecule has 1 aromatic heterocycles. The summed E-state index contributed by atoms with van der Waals surface area (Å²) >= 11 is 7.87. The third kappa shape index (κ3) is 3.09. The molecule has 110 valence electrons. The molecule has 0 amide bonds. The molecular formula is C14H17ClF2N2S. The summed E-state index contributed by atoms with van der Waals surface area (Å²) in [5.74, 6) is 0.674. The highest BCUT2D eigenvalue weighted by Crippen LogP contribution is 2.28. The summed E-state index contributed by atoms with van der Waals surface area (Å²) in [5.41, 5.74) is 0.656. The summed E-state index contributed by atoms with van der Waals surface area (Å²) in [6.45, 7) is 4.53. The second-order valence-electron chi connectivity index (χ2n) is 5.01. The Morgan fingerprint density at radius 3 is 2.65 bits per heavy atom. The predicted octanol–water partition coefficient (Wildman–Crippen LogP) is 4.61. The van der Waals surface area contributed by atoms with Gasteiger partial charge in [-0.2, -0.15) is 11.8 Å². The van der Waals surface area contributed by atoms with Gasteiger partial charge >= 0.3 is 0 Å². The van der Waals surface area contributed by atoms with Crippen molar-refractivity contribution in [3.63, 3.8) is 0 Å². The lowest BCUT2D eigenvalue weighted by atomic mass is 10.2. The van der Waals surface area contributed by atoms with Crippen LogP contribution in [0.4, 0.5) is 8.78 Å². The SMILES string of the molecule is CSCC(C)Cn1c(C(C)Cl)nc2c(F)cc(F)cc21. The van der Waals surface area contributed by atoms with E-state index in [9.17, 15) is 8.78 Å². The van der Waals surface area contributed by atoms with Gasteiger partial charge in [-0.25, -0.2) is 13.8 Å². The molecule has 0 aliphatic carbocycles. The van der Waals surface area contributed by atoms with Crippen LogP contribution >= 0.6 is 23.4 Å². The van der Waals surface area contributed by atoms with Crippen molar-refractivity contribution in [2.45, 2.75) is 25.8 Å². The number of nitrogens with zero attached hydrogens (tertiary/aromatic N) is 2. The van der Waals surface area contributed by atoms with Crippen LogP contribution in [0.2, 0.25) is 0 Å². The Hall–Kier alpha value is -0.810. The van der Waals surface area contributed by atoms with Crippen molar-refractivity contribution in [1.82, 2.24) is 9.55 Å². The Labute approximate surface area is 126 Å². The zero-order valence-corrected chi connectivity index (χ0v) is 13.2. The van der Waals surface area contributed by atoms with E-state index in [0.29, 0.717) is 23.8 Å². The van der Waals surface area contributed by atoms with Gasteiger partial charge in [0.1, 0.15) is 17.2 Å². The maximum Gasteiger partial charge on any atom is 0.153 e. The van der Waals surface area contributed by atoms with Crippen LogP contribution in [0, 0.1) is 17.6 Å². The first kappa shape index (κ1) is 15.6. The minimum Gasteiger partial charge on any atom is -0.326 e. The number of rotatable bonds is 5. The van der Waals surface area contributed by atoms with Crippen molar-refractivity contribution in [1.29, 1.82) is 0 Å². The molecule has 0 aliphatic rings. The van der Waals surface area contributed by atoms with Gasteiger partial charge < -0.3 is 4.57 Å². The lowest BCUT2D eigenvalue weighted by Crippen LogP contribution is -2.13. The third-order valence-corrected chi connectivity index (χ3v) is 4.20. The van der Waals surface area contributed by atoms with Gasteiger partial charge in [-0.3, -0.25) is 0 Å². The molecule has 6 heteroatoms. The molecule has 0 spiro atoms. The van der Waals surface area contributed by atoms with Gasteiger partial charge in [-0.15, -0.1) is 11.6 Å². The van der Waals surface area contributed by atoms with Crippen molar-refractivity contribution < 1.29 is 8.78 Å². The Morgan fingerprint density at radius 2 is 2.05 bits per heavy atom. The number of hydrogen-bond donors (Lipinski definition) is 0. The second-order valence-corrected chi connectivity index (χ2v) is 6.58. The maximum atomic E-state index is 13.8. The van der Waals surface area contributed by atoms with Crippen LogP contribution in [0.3, 0.4) is 0 Å². The van der Waals surface area contributed by atoms with Crippen LogP contribution in [0.15, 0.2) is 12.1 Å². The van der Waals surface area contributed by atoms with Crippen LogP contribution in [0.25, 0.3) is 11.0 Å². The lowest BCUT2D eigenvalue weighted by Gasteiger charge is -2.15. The molecule has 0 fully saturated rings. The number of hydrogen-bond acceptors (Lipinski definition) is 2. The molecule has 20 heavy (non-hydrogen) atoms. The molecule has 2 rings (SSSR count). The molecule has 2 atom stereocenters. The first-order chi connectivity index (χ1) is 9.43. The predicted molar refractivity (Wildman–Crippen MR) is 81.5 cm³/mol. The van der Waals surface area contributed by atoms with Gasteiger partial charge in [0, 0.05) is 12.6 Å². The molecule has 2 aromatic rings. The van der Waals surface area contributed by atoms with E-state index < -0.39 is 11.6 Å². The third-order valence-electron chi connectivity index (χ3n) is 3.10. The van der Waals surface area contributed by atoms with Crippen molar-refractivity contribution in [3.8, 4) is 0 Å². The van der Waals surface area contributed by atoms with Gasteiger partial charge in [-0.1, -0.05) is 6.92 Å². The second kappa shape index (κ2) is 6.31. The molecule has 0 saturated heterocycles. The largest absolute Gasteiger partial charge is 0.326 e. The van der Waals surface area contributed by atoms with Crippen LogP contribution in [-0.2, 0) is 6.54 Å². The van der Waals surface area contributed by atoms with Crippen LogP contribution in [-0.4, -0.2) is 21.6 Å². The number of halogens is 3. The lowest BCUT2D eigenvalue weighted by molar-refractivity contribution is 0.523. The highest BCUT2D eigenvalue weighted by atomic mass is 35.5. The standard InChI is InChI=1S/C14H17ClF2N2S/c1-8(7-20-3)6-19-12-5-10(16)4-11(17)13(12)18-14(19)9(2)15/h4-5,8-9H,6-7H2,1-3H3. The molecule has 0 saturated carbocycles. The minimum atomic E-state index is -0.644. The first-order valence-electron chi connectivity index (χ1n) is 6.42. The smallest absolute Gasteiger partial charge is 0.153 e. The van der Waals surface area contributed by atoms with Crippen molar-refractivity contribution >= 4 is 34.4 Å². The molecule has 0 radical (unpaired) electrons. The molecular weight excluding hydrogens is 302 g/mol. The summed E-state index contributed by atoms with van der Waals surface area (Å²) in [5, 5.41) is -0.355. The van der Waals surface area contributed by atoms with Gasteiger partial charge in [-0.05, 0) is 30.9 Å². The van der Waals surface area contributed by atoms with Crippen LogP contribution < -0.4 is 0 Å². The number of alkyl halides is 1. The van der Waals surface area contributed by atoms with E-state index in [-0.39, 0.29) is 10.9 Å². The summed E-state index contributed by atoms with van der Waals surface area (Å²) in [6, 6.07) is 2.17. The Morgan fingerprint density at radius 1 is 1.35 bits per heavy atom. The normalized spacial score (nSPS) is 14.7. The van der Waals surface area contributed by atoms with E-state index in [1.54, 1.807) is 18.7 Å². The number of aromatic nitrogens is 2. The van der Waals surface area contributed by atoms with Gasteiger partial charge in [0.15, 0.2) is 5.82 Å². The van der Waals surface area contributed by atoms with Crippen molar-refractivity contribution in [2.75, 3.05) is 12.0 Å². The van der Waals surface area contributed by atoms with E-state index in [2.05, 4.69) is 11.9 Å². The quantitative estimate of drug-likeness (QED) is 0.749. The molecule has 0 N–H and O–H groups in total. The van der Waals surface area contributed by atoms with E-state index in [1.165, 1.54) is 6.07 Å². The van der Waals surface area contributed by atoms with Crippen LogP contribution in [0.5, 0.6) is 0 Å². The minimum absolute atomic E-state index is 0.185. The molecule has 2 nitrogen and oxygen atoms in total. The Balaban J connectivity index is 2.56. The summed E-state index contributed by atoms with van der Waals surface area (Å²) in [6.07, 6.45) is 2.03. The zero-order valence-electron chi connectivity index (χ0n) is 11.7. The van der Waals surface area contributed by atoms with E-state index >= 15 is 0 Å². The number of imidazole rings is 1. The van der Waals surface area contributed by atoms with Crippen molar-refractivity contribution in [3.05, 3.63) is 29.6 Å². The monoisotopic (exact) mass is 318 g/mol. The summed E-state index contributed by atoms with van der Waals surface area (Å²) in [4.78, 5) is 4.25. The molecule has 0 aliphatic heterocycles. The van der Waals surface area contributed by atoms with E-state index in [4.69, 9.17) is 11.6 Å². The highest BCUT2D eigenvalue weighted by Gasteiger charge is 2.19. The molecule has 1 heterocycles. The fraction of sp³-hybridized carbons (Fsp3) is 0.500. The Bertz CT molecular complexity index is 613. The van der Waals surface area contributed by atoms with Gasteiger partial charge in [0.05, 0.1) is 10.9 Å². The first-order valence-corrected chi connectivity index (χ1v) is 8.25. The summed E-state index contributed by atoms with van der Waals surface area (Å²) in [7, 11) is 0. The number of benzene rings is 1. The van der Waals surface area contributed by atoms with E-state index in [1.807, 2.05) is 10.8 Å². The molecule has 1 aromatic carbocycles. The molecule has 2 unspecified atom stereocenters. The van der Waals surface area contributed by atoms with Gasteiger partial charge in [0.25, 0.3) is 0 Å². The van der Waals surface area contributed by atoms with Crippen molar-refractivity contribution in [2.24, 2.45) is 5.92 Å². The van der Waals surface area contributed by atoms with E-state index in [0.717, 1.165) is 11.8 Å². The number of fused-ring (bicyclic) bond motifs is 1. The maximum absolute atomic E-state index is 13.8. The van der Waals surface area contributed by atoms with Crippen LogP contribution in [0.1, 0.15) is 25.0 Å². The molecule has 0 bridgehead atoms. The fourth-order valence-electron chi connectivity index (χ4n) is 2.31. The Kier molecular flexibility index (Phi) is 4.91.